The minimum absolute atomic E-state index is 0.0203. The number of rotatable bonds is 4. The maximum atomic E-state index is 15.1. The van der Waals surface area contributed by atoms with E-state index in [4.69, 9.17) is 11.6 Å². The van der Waals surface area contributed by atoms with Crippen LogP contribution in [0, 0.1) is 5.82 Å². The summed E-state index contributed by atoms with van der Waals surface area (Å²) in [5, 5.41) is 13.3. The number of benzene rings is 3. The monoisotopic (exact) mass is 565 g/mol. The third kappa shape index (κ3) is 4.94. The van der Waals surface area contributed by atoms with Crippen molar-refractivity contribution < 1.29 is 27.9 Å². The fourth-order valence-electron chi connectivity index (χ4n) is 4.69. The fraction of sp³-hybridized carbons (Fsp3) is 0.167. The maximum Gasteiger partial charge on any atom is 0.281 e. The summed E-state index contributed by atoms with van der Waals surface area (Å²) in [5.74, 6) is -6.37. The van der Waals surface area contributed by atoms with Crippen LogP contribution in [-0.2, 0) is 5.60 Å². The molecule has 1 atom stereocenters. The van der Waals surface area contributed by atoms with Gasteiger partial charge in [-0.05, 0) is 48.4 Å². The molecule has 10 heteroatoms. The number of pyridine rings is 1. The summed E-state index contributed by atoms with van der Waals surface area (Å²) in [6.45, 7) is 0.512. The van der Waals surface area contributed by atoms with E-state index in [9.17, 15) is 23.5 Å². The molecule has 0 saturated carbocycles. The molecule has 0 radical (unpaired) electrons. The van der Waals surface area contributed by atoms with Gasteiger partial charge in [-0.25, -0.2) is 18.2 Å². The Balaban J connectivity index is 1.43. The molecule has 3 aromatic carbocycles. The van der Waals surface area contributed by atoms with Gasteiger partial charge in [0.25, 0.3) is 17.7 Å². The van der Waals surface area contributed by atoms with Crippen LogP contribution in [0.15, 0.2) is 85.1 Å². The molecular formula is C30H23ClF3N3O3. The number of alkyl halides is 2. The summed E-state index contributed by atoms with van der Waals surface area (Å²) < 4.78 is 44.9. The van der Waals surface area contributed by atoms with Crippen molar-refractivity contribution in [2.45, 2.75) is 24.9 Å². The Morgan fingerprint density at radius 1 is 1.02 bits per heavy atom. The minimum Gasteiger partial charge on any atom is -0.379 e. The zero-order chi connectivity index (χ0) is 28.7. The molecule has 204 valence electrons. The molecule has 40 heavy (non-hydrogen) atoms. The topological polar surface area (TPSA) is 82.5 Å². The number of hydrogen-bond donors (Lipinski definition) is 2. The molecule has 0 fully saturated rings. The van der Waals surface area contributed by atoms with Crippen LogP contribution in [0.3, 0.4) is 0 Å². The largest absolute Gasteiger partial charge is 0.379 e. The standard InChI is InChI=1S/C30H23ClF3N3O3/c1-29(40)23-16-20(31)11-12-25(23)37(14-13-30(29,33)34)28(39)19-15-24(32)26(35-17-19)36-27(38)22-10-6-5-9-21(22)18-7-3-2-4-8-18/h2-12,15-17,40H,13-14H2,1H3,(H,35,36,38)/t29-/m1/s1. The number of carbonyl (C=O) groups excluding carboxylic acids is 2. The van der Waals surface area contributed by atoms with Gasteiger partial charge in [-0.1, -0.05) is 60.1 Å². The molecule has 1 aliphatic rings. The summed E-state index contributed by atoms with van der Waals surface area (Å²) in [6.07, 6.45) is 0.212. The average Bonchev–Trinajstić information content (AvgIpc) is 3.01. The smallest absolute Gasteiger partial charge is 0.281 e. The van der Waals surface area contributed by atoms with Crippen LogP contribution in [0.5, 0.6) is 0 Å². The molecule has 0 unspecified atom stereocenters. The van der Waals surface area contributed by atoms with Crippen molar-refractivity contribution in [1.82, 2.24) is 4.98 Å². The van der Waals surface area contributed by atoms with E-state index in [1.165, 1.54) is 18.2 Å². The van der Waals surface area contributed by atoms with Crippen LogP contribution < -0.4 is 10.2 Å². The number of anilines is 2. The maximum absolute atomic E-state index is 15.1. The third-order valence-corrected chi connectivity index (χ3v) is 7.19. The Hall–Kier alpha value is -4.21. The van der Waals surface area contributed by atoms with Crippen LogP contribution in [0.2, 0.25) is 5.02 Å². The predicted molar refractivity (Wildman–Crippen MR) is 146 cm³/mol. The van der Waals surface area contributed by atoms with Crippen LogP contribution >= 0.6 is 11.6 Å². The molecule has 2 amide bonds. The second-order valence-corrected chi connectivity index (χ2v) is 10.0. The predicted octanol–water partition coefficient (Wildman–Crippen LogP) is 6.69. The van der Waals surface area contributed by atoms with Crippen LogP contribution in [-0.4, -0.2) is 34.4 Å². The molecule has 6 nitrogen and oxygen atoms in total. The van der Waals surface area contributed by atoms with E-state index in [0.717, 1.165) is 29.7 Å². The first-order valence-electron chi connectivity index (χ1n) is 12.3. The van der Waals surface area contributed by atoms with Gasteiger partial charge in [-0.2, -0.15) is 0 Å². The molecular weight excluding hydrogens is 543 g/mol. The zero-order valence-electron chi connectivity index (χ0n) is 21.2. The summed E-state index contributed by atoms with van der Waals surface area (Å²) >= 11 is 6.01. The van der Waals surface area contributed by atoms with Crippen molar-refractivity contribution in [2.24, 2.45) is 0 Å². The number of halogens is 4. The Morgan fingerprint density at radius 2 is 1.73 bits per heavy atom. The minimum atomic E-state index is -3.57. The van der Waals surface area contributed by atoms with E-state index in [0.29, 0.717) is 11.1 Å². The Bertz CT molecular complexity index is 1610. The molecule has 4 aromatic rings. The first-order chi connectivity index (χ1) is 19.0. The van der Waals surface area contributed by atoms with E-state index in [1.807, 2.05) is 30.3 Å². The summed E-state index contributed by atoms with van der Waals surface area (Å²) in [6, 6.07) is 20.9. The van der Waals surface area contributed by atoms with E-state index in [2.05, 4.69) is 10.3 Å². The lowest BCUT2D eigenvalue weighted by atomic mass is 9.87. The Labute approximate surface area is 233 Å². The molecule has 0 bridgehead atoms. The highest BCUT2D eigenvalue weighted by atomic mass is 35.5. The SMILES string of the molecule is C[C@@]1(O)c2cc(Cl)ccc2N(C(=O)c2cnc(NC(=O)c3ccccc3-c3ccccc3)c(F)c2)CCC1(F)F. The number of aliphatic hydroxyl groups is 1. The van der Waals surface area contributed by atoms with Gasteiger partial charge in [0, 0.05) is 35.3 Å². The van der Waals surface area contributed by atoms with E-state index < -0.39 is 47.9 Å². The number of amides is 2. The number of hydrogen-bond acceptors (Lipinski definition) is 4. The van der Waals surface area contributed by atoms with Crippen molar-refractivity contribution in [3.63, 3.8) is 0 Å². The van der Waals surface area contributed by atoms with Gasteiger partial charge < -0.3 is 15.3 Å². The molecule has 1 aromatic heterocycles. The van der Waals surface area contributed by atoms with Crippen LogP contribution in [0.25, 0.3) is 11.1 Å². The summed E-state index contributed by atoms with van der Waals surface area (Å²) in [7, 11) is 0. The lowest BCUT2D eigenvalue weighted by Crippen LogP contribution is -2.42. The Morgan fingerprint density at radius 3 is 2.45 bits per heavy atom. The third-order valence-electron chi connectivity index (χ3n) is 6.96. The van der Waals surface area contributed by atoms with Gasteiger partial charge in [0.2, 0.25) is 0 Å². The van der Waals surface area contributed by atoms with Crippen molar-refractivity contribution in [2.75, 3.05) is 16.8 Å². The molecule has 0 aliphatic carbocycles. The second-order valence-electron chi connectivity index (χ2n) is 9.57. The lowest BCUT2D eigenvalue weighted by molar-refractivity contribution is -0.177. The number of nitrogens with zero attached hydrogens (tertiary/aromatic N) is 2. The normalized spacial score (nSPS) is 18.0. The summed E-state index contributed by atoms with van der Waals surface area (Å²) in [5.41, 5.74) is -1.31. The van der Waals surface area contributed by atoms with Crippen molar-refractivity contribution in [3.8, 4) is 11.1 Å². The van der Waals surface area contributed by atoms with Crippen molar-refractivity contribution in [1.29, 1.82) is 0 Å². The molecule has 0 spiro atoms. The number of nitrogens with one attached hydrogen (secondary N) is 1. The fourth-order valence-corrected chi connectivity index (χ4v) is 4.86. The zero-order valence-corrected chi connectivity index (χ0v) is 21.9. The number of fused-ring (bicyclic) bond motifs is 1. The van der Waals surface area contributed by atoms with Gasteiger partial charge in [0.05, 0.1) is 11.3 Å². The van der Waals surface area contributed by atoms with Crippen molar-refractivity contribution >= 4 is 34.9 Å². The quantitative estimate of drug-likeness (QED) is 0.289. The summed E-state index contributed by atoms with van der Waals surface area (Å²) in [4.78, 5) is 31.4. The van der Waals surface area contributed by atoms with E-state index >= 15 is 4.39 Å². The highest BCUT2D eigenvalue weighted by molar-refractivity contribution is 6.30. The molecule has 2 heterocycles. The van der Waals surface area contributed by atoms with Crippen molar-refractivity contribution in [3.05, 3.63) is 113 Å². The van der Waals surface area contributed by atoms with Gasteiger partial charge >= 0.3 is 0 Å². The number of aromatic nitrogens is 1. The van der Waals surface area contributed by atoms with E-state index in [1.54, 1.807) is 24.3 Å². The molecule has 2 N–H and O–H groups in total. The first kappa shape index (κ1) is 27.4. The average molecular weight is 566 g/mol. The lowest BCUT2D eigenvalue weighted by Gasteiger charge is -2.32. The highest BCUT2D eigenvalue weighted by Gasteiger charge is 2.53. The van der Waals surface area contributed by atoms with E-state index in [-0.39, 0.29) is 21.8 Å². The Kier molecular flexibility index (Phi) is 7.12. The van der Waals surface area contributed by atoms with Crippen LogP contribution in [0.1, 0.15) is 39.6 Å². The van der Waals surface area contributed by atoms with Gasteiger partial charge in [-0.15, -0.1) is 0 Å². The first-order valence-corrected chi connectivity index (χ1v) is 12.7. The highest BCUT2D eigenvalue weighted by Crippen LogP contribution is 2.47. The van der Waals surface area contributed by atoms with Gasteiger partial charge in [0.15, 0.2) is 17.2 Å². The van der Waals surface area contributed by atoms with Gasteiger partial charge in [-0.3, -0.25) is 9.59 Å². The number of carbonyl (C=O) groups is 2. The molecule has 0 saturated heterocycles. The molecule has 5 rings (SSSR count). The van der Waals surface area contributed by atoms with Gasteiger partial charge in [0.1, 0.15) is 0 Å². The molecule has 1 aliphatic heterocycles. The second kappa shape index (κ2) is 10.4. The van der Waals surface area contributed by atoms with Crippen LogP contribution in [0.4, 0.5) is 24.7 Å².